The second kappa shape index (κ2) is 7.77. The van der Waals surface area contributed by atoms with Gasteiger partial charge in [-0.15, -0.1) is 0 Å². The standard InChI is InChI=1S/C17H35N3/c1-4-14(3)12-16(5-2)20-11-8-17(13-20)19-9-6-15(18)7-10-19/h14-17H,4-13,18H2,1-3H3. The highest BCUT2D eigenvalue weighted by Crippen LogP contribution is 2.25. The van der Waals surface area contributed by atoms with Crippen LogP contribution in [0.5, 0.6) is 0 Å². The van der Waals surface area contributed by atoms with Gasteiger partial charge in [0, 0.05) is 31.2 Å². The van der Waals surface area contributed by atoms with Crippen LogP contribution in [0.3, 0.4) is 0 Å². The van der Waals surface area contributed by atoms with Crippen molar-refractivity contribution in [1.29, 1.82) is 0 Å². The lowest BCUT2D eigenvalue weighted by molar-refractivity contribution is 0.137. The van der Waals surface area contributed by atoms with E-state index in [1.165, 1.54) is 64.7 Å². The number of hydrogen-bond donors (Lipinski definition) is 1. The maximum atomic E-state index is 6.03. The van der Waals surface area contributed by atoms with E-state index < -0.39 is 0 Å². The molecule has 0 spiro atoms. The maximum absolute atomic E-state index is 6.03. The van der Waals surface area contributed by atoms with Crippen molar-refractivity contribution in [2.75, 3.05) is 26.2 Å². The van der Waals surface area contributed by atoms with Crippen molar-refractivity contribution in [2.45, 2.75) is 77.4 Å². The predicted molar refractivity (Wildman–Crippen MR) is 86.9 cm³/mol. The van der Waals surface area contributed by atoms with Gasteiger partial charge in [0.25, 0.3) is 0 Å². The smallest absolute Gasteiger partial charge is 0.0235 e. The van der Waals surface area contributed by atoms with Crippen LogP contribution in [0.4, 0.5) is 0 Å². The molecule has 3 nitrogen and oxygen atoms in total. The Kier molecular flexibility index (Phi) is 6.31. The molecule has 2 N–H and O–H groups in total. The first-order valence-corrected chi connectivity index (χ1v) is 8.87. The van der Waals surface area contributed by atoms with Gasteiger partial charge in [0.2, 0.25) is 0 Å². The quantitative estimate of drug-likeness (QED) is 0.812. The van der Waals surface area contributed by atoms with E-state index in [1.807, 2.05) is 0 Å². The van der Waals surface area contributed by atoms with Gasteiger partial charge in [-0.3, -0.25) is 9.80 Å². The molecule has 0 bridgehead atoms. The molecule has 0 aromatic rings. The Labute approximate surface area is 125 Å². The lowest BCUT2D eigenvalue weighted by atomic mass is 9.97. The zero-order valence-corrected chi connectivity index (χ0v) is 13.9. The summed E-state index contributed by atoms with van der Waals surface area (Å²) in [5, 5.41) is 0. The predicted octanol–water partition coefficient (Wildman–Crippen LogP) is 2.70. The zero-order chi connectivity index (χ0) is 14.5. The third-order valence-electron chi connectivity index (χ3n) is 5.64. The monoisotopic (exact) mass is 281 g/mol. The molecule has 2 heterocycles. The first-order valence-electron chi connectivity index (χ1n) is 8.87. The molecule has 3 unspecified atom stereocenters. The highest BCUT2D eigenvalue weighted by Gasteiger charge is 2.32. The molecule has 2 saturated heterocycles. The average Bonchev–Trinajstić information content (AvgIpc) is 2.94. The van der Waals surface area contributed by atoms with Crippen LogP contribution in [-0.2, 0) is 0 Å². The van der Waals surface area contributed by atoms with Gasteiger partial charge in [0.05, 0.1) is 0 Å². The number of nitrogens with zero attached hydrogens (tertiary/aromatic N) is 2. The highest BCUT2D eigenvalue weighted by molar-refractivity contribution is 4.89. The van der Waals surface area contributed by atoms with Crippen molar-refractivity contribution in [2.24, 2.45) is 11.7 Å². The van der Waals surface area contributed by atoms with Crippen LogP contribution in [0.1, 0.15) is 59.3 Å². The third kappa shape index (κ3) is 4.19. The van der Waals surface area contributed by atoms with Crippen molar-refractivity contribution >= 4 is 0 Å². The summed E-state index contributed by atoms with van der Waals surface area (Å²) in [7, 11) is 0. The van der Waals surface area contributed by atoms with Crippen molar-refractivity contribution in [1.82, 2.24) is 9.80 Å². The van der Waals surface area contributed by atoms with E-state index in [0.29, 0.717) is 6.04 Å². The Balaban J connectivity index is 1.81. The highest BCUT2D eigenvalue weighted by atomic mass is 15.3. The zero-order valence-electron chi connectivity index (χ0n) is 13.9. The van der Waals surface area contributed by atoms with Gasteiger partial charge in [0.15, 0.2) is 0 Å². The number of nitrogens with two attached hydrogens (primary N) is 1. The van der Waals surface area contributed by atoms with Crippen LogP contribution in [-0.4, -0.2) is 54.1 Å². The van der Waals surface area contributed by atoms with E-state index in [0.717, 1.165) is 18.0 Å². The fraction of sp³-hybridized carbons (Fsp3) is 1.00. The largest absolute Gasteiger partial charge is 0.328 e. The summed E-state index contributed by atoms with van der Waals surface area (Å²) in [5.41, 5.74) is 6.03. The second-order valence-electron chi connectivity index (χ2n) is 7.12. The van der Waals surface area contributed by atoms with Gasteiger partial charge in [-0.2, -0.15) is 0 Å². The van der Waals surface area contributed by atoms with Crippen LogP contribution in [0.25, 0.3) is 0 Å². The molecule has 2 aliphatic heterocycles. The minimum atomic E-state index is 0.456. The molecule has 3 heteroatoms. The first-order chi connectivity index (χ1) is 9.63. The SMILES string of the molecule is CCC(C)CC(CC)N1CCC(N2CCC(N)CC2)C1. The van der Waals surface area contributed by atoms with E-state index in [1.54, 1.807) is 0 Å². The third-order valence-corrected chi connectivity index (χ3v) is 5.64. The Morgan fingerprint density at radius 2 is 1.75 bits per heavy atom. The summed E-state index contributed by atoms with van der Waals surface area (Å²) >= 11 is 0. The molecule has 118 valence electrons. The molecule has 0 saturated carbocycles. The molecule has 20 heavy (non-hydrogen) atoms. The topological polar surface area (TPSA) is 32.5 Å². The second-order valence-corrected chi connectivity index (χ2v) is 7.12. The molecule has 2 rings (SSSR count). The number of rotatable bonds is 6. The Morgan fingerprint density at radius 1 is 1.05 bits per heavy atom. The van der Waals surface area contributed by atoms with Gasteiger partial charge in [-0.25, -0.2) is 0 Å². The molecular formula is C17H35N3. The summed E-state index contributed by atoms with van der Waals surface area (Å²) in [5.74, 6) is 0.868. The Hall–Kier alpha value is -0.120. The molecule has 0 aromatic heterocycles. The van der Waals surface area contributed by atoms with Gasteiger partial charge < -0.3 is 5.73 Å². The van der Waals surface area contributed by atoms with Gasteiger partial charge in [-0.05, 0) is 51.1 Å². The van der Waals surface area contributed by atoms with Crippen LogP contribution in [0.15, 0.2) is 0 Å². The lowest BCUT2D eigenvalue weighted by Crippen LogP contribution is -2.46. The minimum absolute atomic E-state index is 0.456. The summed E-state index contributed by atoms with van der Waals surface area (Å²) < 4.78 is 0. The number of likely N-dealkylation sites (tertiary alicyclic amines) is 2. The minimum Gasteiger partial charge on any atom is -0.328 e. The fourth-order valence-corrected chi connectivity index (χ4v) is 3.89. The average molecular weight is 281 g/mol. The molecule has 0 amide bonds. The maximum Gasteiger partial charge on any atom is 0.0235 e. The summed E-state index contributed by atoms with van der Waals surface area (Å²) in [4.78, 5) is 5.48. The molecule has 2 fully saturated rings. The number of hydrogen-bond acceptors (Lipinski definition) is 3. The molecule has 2 aliphatic rings. The Morgan fingerprint density at radius 3 is 2.35 bits per heavy atom. The van der Waals surface area contributed by atoms with Crippen LogP contribution in [0, 0.1) is 5.92 Å². The summed E-state index contributed by atoms with van der Waals surface area (Å²) in [6.07, 6.45) is 7.76. The first kappa shape index (κ1) is 16.3. The van der Waals surface area contributed by atoms with Crippen molar-refractivity contribution in [3.63, 3.8) is 0 Å². The van der Waals surface area contributed by atoms with E-state index in [4.69, 9.17) is 5.73 Å². The van der Waals surface area contributed by atoms with Crippen LogP contribution >= 0.6 is 0 Å². The van der Waals surface area contributed by atoms with E-state index in [-0.39, 0.29) is 0 Å². The van der Waals surface area contributed by atoms with E-state index >= 15 is 0 Å². The number of piperidine rings is 1. The Bertz CT molecular complexity index is 273. The van der Waals surface area contributed by atoms with Gasteiger partial charge in [0.1, 0.15) is 0 Å². The van der Waals surface area contributed by atoms with Crippen LogP contribution < -0.4 is 5.73 Å². The van der Waals surface area contributed by atoms with Gasteiger partial charge >= 0.3 is 0 Å². The lowest BCUT2D eigenvalue weighted by Gasteiger charge is -2.35. The van der Waals surface area contributed by atoms with Crippen molar-refractivity contribution in [3.8, 4) is 0 Å². The van der Waals surface area contributed by atoms with Crippen molar-refractivity contribution in [3.05, 3.63) is 0 Å². The summed E-state index contributed by atoms with van der Waals surface area (Å²) in [6, 6.07) is 2.06. The molecule has 0 aromatic carbocycles. The molecule has 3 atom stereocenters. The summed E-state index contributed by atoms with van der Waals surface area (Å²) in [6.45, 7) is 12.1. The van der Waals surface area contributed by atoms with E-state index in [9.17, 15) is 0 Å². The van der Waals surface area contributed by atoms with Crippen molar-refractivity contribution < 1.29 is 0 Å². The molecule has 0 radical (unpaired) electrons. The van der Waals surface area contributed by atoms with Crippen LogP contribution in [0.2, 0.25) is 0 Å². The molecular weight excluding hydrogens is 246 g/mol. The fourth-order valence-electron chi connectivity index (χ4n) is 3.89. The van der Waals surface area contributed by atoms with E-state index in [2.05, 4.69) is 30.6 Å². The normalized spacial score (nSPS) is 29.7. The molecule has 0 aliphatic carbocycles. The van der Waals surface area contributed by atoms with Gasteiger partial charge in [-0.1, -0.05) is 27.2 Å².